The minimum Gasteiger partial charge on any atom is -0.340 e. The lowest BCUT2D eigenvalue weighted by Gasteiger charge is -2.15. The summed E-state index contributed by atoms with van der Waals surface area (Å²) in [5.74, 6) is 0. The van der Waals surface area contributed by atoms with Crippen molar-refractivity contribution >= 4 is 55.0 Å². The molecule has 23 heavy (non-hydrogen) atoms. The van der Waals surface area contributed by atoms with Gasteiger partial charge in [-0.05, 0) is 30.7 Å². The summed E-state index contributed by atoms with van der Waals surface area (Å²) in [5, 5.41) is 1.50. The van der Waals surface area contributed by atoms with E-state index in [4.69, 9.17) is 11.6 Å². The molecule has 2 heterocycles. The van der Waals surface area contributed by atoms with Crippen LogP contribution in [0, 0.1) is 0 Å². The lowest BCUT2D eigenvalue weighted by atomic mass is 10.1. The van der Waals surface area contributed by atoms with Gasteiger partial charge in [-0.15, -0.1) is 11.3 Å². The molecule has 4 aromatic rings. The molecule has 5 heteroatoms. The highest BCUT2D eigenvalue weighted by molar-refractivity contribution is 7.23. The van der Waals surface area contributed by atoms with Gasteiger partial charge in [0.15, 0.2) is 9.90 Å². The third-order valence-electron chi connectivity index (χ3n) is 4.20. The third-order valence-corrected chi connectivity index (χ3v) is 5.40. The second-order valence-electron chi connectivity index (χ2n) is 5.63. The van der Waals surface area contributed by atoms with E-state index in [1.54, 1.807) is 0 Å². The first-order valence-electron chi connectivity index (χ1n) is 7.71. The summed E-state index contributed by atoms with van der Waals surface area (Å²) in [7, 11) is 0. The molecule has 0 radical (unpaired) electrons. The number of halogens is 1. The van der Waals surface area contributed by atoms with Crippen molar-refractivity contribution in [3.05, 3.63) is 51.1 Å². The first-order valence-corrected chi connectivity index (χ1v) is 8.90. The van der Waals surface area contributed by atoms with Crippen LogP contribution < -0.4 is 5.43 Å². The van der Waals surface area contributed by atoms with Gasteiger partial charge in [0.25, 0.3) is 0 Å². The molecular weight excluding hydrogens is 328 g/mol. The number of para-hydroxylation sites is 1. The number of rotatable bonds is 3. The van der Waals surface area contributed by atoms with Crippen LogP contribution in [0.2, 0.25) is 4.47 Å². The third kappa shape index (κ3) is 2.25. The molecule has 4 rings (SSSR count). The molecule has 0 aliphatic heterocycles. The predicted octanol–water partition coefficient (Wildman–Crippen LogP) is 5.22. The van der Waals surface area contributed by atoms with E-state index < -0.39 is 0 Å². The summed E-state index contributed by atoms with van der Waals surface area (Å²) >= 11 is 7.45. The minimum atomic E-state index is 0.0641. The Morgan fingerprint density at radius 3 is 2.83 bits per heavy atom. The van der Waals surface area contributed by atoms with Crippen LogP contribution in [0.1, 0.15) is 19.8 Å². The molecule has 2 aromatic carbocycles. The summed E-state index contributed by atoms with van der Waals surface area (Å²) in [4.78, 5) is 17.4. The van der Waals surface area contributed by atoms with E-state index in [-0.39, 0.29) is 5.43 Å². The average molecular weight is 343 g/mol. The molecule has 3 nitrogen and oxygen atoms in total. The van der Waals surface area contributed by atoms with Gasteiger partial charge in [0.1, 0.15) is 0 Å². The van der Waals surface area contributed by atoms with Crippen LogP contribution in [0.15, 0.2) is 41.2 Å². The number of aryl methyl sites for hydroxylation is 1. The number of unbranched alkanes of at least 4 members (excludes halogenated alkanes) is 1. The van der Waals surface area contributed by atoms with Crippen LogP contribution in [0.5, 0.6) is 0 Å². The van der Waals surface area contributed by atoms with Crippen molar-refractivity contribution < 1.29 is 0 Å². The molecule has 0 aliphatic carbocycles. The van der Waals surface area contributed by atoms with Gasteiger partial charge in [-0.25, -0.2) is 4.98 Å². The van der Waals surface area contributed by atoms with E-state index in [9.17, 15) is 4.79 Å². The zero-order chi connectivity index (χ0) is 16.0. The van der Waals surface area contributed by atoms with Crippen LogP contribution in [0.4, 0.5) is 0 Å². The Morgan fingerprint density at radius 2 is 2.00 bits per heavy atom. The SMILES string of the molecule is CCCCn1c2ccccc2c(=O)c2c3sc(Cl)nc3ccc21. The minimum absolute atomic E-state index is 0.0641. The Morgan fingerprint density at radius 1 is 1.17 bits per heavy atom. The Bertz CT molecular complexity index is 1100. The fourth-order valence-electron chi connectivity index (χ4n) is 3.12. The lowest BCUT2D eigenvalue weighted by Crippen LogP contribution is -2.11. The quantitative estimate of drug-likeness (QED) is 0.478. The molecule has 116 valence electrons. The van der Waals surface area contributed by atoms with E-state index in [1.165, 1.54) is 11.3 Å². The van der Waals surface area contributed by atoms with Crippen LogP contribution in [0.25, 0.3) is 32.0 Å². The number of benzene rings is 2. The fraction of sp³-hybridized carbons (Fsp3) is 0.222. The Balaban J connectivity index is 2.24. The maximum atomic E-state index is 13.1. The van der Waals surface area contributed by atoms with Gasteiger partial charge in [-0.2, -0.15) is 0 Å². The summed E-state index contributed by atoms with van der Waals surface area (Å²) in [5.41, 5.74) is 2.82. The number of hydrogen-bond donors (Lipinski definition) is 0. The lowest BCUT2D eigenvalue weighted by molar-refractivity contribution is 0.662. The number of hydrogen-bond acceptors (Lipinski definition) is 3. The molecule has 2 aromatic heterocycles. The standard InChI is InChI=1S/C18H15ClN2OS/c1-2-3-10-21-13-7-5-4-6-11(13)16(22)15-14(21)9-8-12-17(15)23-18(19)20-12/h4-9H,2-3,10H2,1H3. The van der Waals surface area contributed by atoms with Crippen molar-refractivity contribution in [2.24, 2.45) is 0 Å². The molecule has 0 fully saturated rings. The molecule has 0 saturated heterocycles. The number of fused-ring (bicyclic) bond motifs is 4. The molecular formula is C18H15ClN2OS. The maximum absolute atomic E-state index is 13.1. The molecule has 0 N–H and O–H groups in total. The second-order valence-corrected chi connectivity index (χ2v) is 7.21. The highest BCUT2D eigenvalue weighted by atomic mass is 35.5. The average Bonchev–Trinajstić information content (AvgIpc) is 2.94. The second kappa shape index (κ2) is 5.62. The van der Waals surface area contributed by atoms with Gasteiger partial charge in [-0.3, -0.25) is 4.79 Å². The molecule has 0 saturated carbocycles. The van der Waals surface area contributed by atoms with Crippen molar-refractivity contribution in [2.75, 3.05) is 0 Å². The molecule has 0 atom stereocenters. The first-order chi connectivity index (χ1) is 11.2. The van der Waals surface area contributed by atoms with Gasteiger partial charge in [0, 0.05) is 11.9 Å². The Hall–Kier alpha value is -1.91. The smallest absolute Gasteiger partial charge is 0.198 e. The van der Waals surface area contributed by atoms with E-state index in [2.05, 4.69) is 16.5 Å². The largest absolute Gasteiger partial charge is 0.340 e. The first kappa shape index (κ1) is 14.7. The van der Waals surface area contributed by atoms with Crippen molar-refractivity contribution in [1.29, 1.82) is 0 Å². The Labute approximate surface area is 142 Å². The van der Waals surface area contributed by atoms with E-state index >= 15 is 0 Å². The van der Waals surface area contributed by atoms with Gasteiger partial charge >= 0.3 is 0 Å². The molecule has 0 unspecified atom stereocenters. The van der Waals surface area contributed by atoms with Gasteiger partial charge in [0.2, 0.25) is 0 Å². The number of aromatic nitrogens is 2. The number of pyridine rings is 1. The van der Waals surface area contributed by atoms with Crippen molar-refractivity contribution in [3.63, 3.8) is 0 Å². The molecule has 0 bridgehead atoms. The van der Waals surface area contributed by atoms with E-state index in [0.717, 1.165) is 51.4 Å². The van der Waals surface area contributed by atoms with Gasteiger partial charge in [0.05, 0.1) is 26.6 Å². The summed E-state index contributed by atoms with van der Waals surface area (Å²) in [6.45, 7) is 3.07. The highest BCUT2D eigenvalue weighted by Crippen LogP contribution is 2.32. The summed E-state index contributed by atoms with van der Waals surface area (Å²) in [6, 6.07) is 11.8. The van der Waals surface area contributed by atoms with Crippen molar-refractivity contribution in [3.8, 4) is 0 Å². The van der Waals surface area contributed by atoms with Crippen LogP contribution in [0.3, 0.4) is 0 Å². The predicted molar refractivity (Wildman–Crippen MR) is 98.8 cm³/mol. The van der Waals surface area contributed by atoms with Crippen LogP contribution in [-0.2, 0) is 6.54 Å². The van der Waals surface area contributed by atoms with Gasteiger partial charge < -0.3 is 4.57 Å². The van der Waals surface area contributed by atoms with Crippen LogP contribution in [-0.4, -0.2) is 9.55 Å². The van der Waals surface area contributed by atoms with E-state index in [0.29, 0.717) is 4.47 Å². The monoisotopic (exact) mass is 342 g/mol. The molecule has 0 spiro atoms. The number of thiazole rings is 1. The number of nitrogens with zero attached hydrogens (tertiary/aromatic N) is 2. The topological polar surface area (TPSA) is 34.9 Å². The summed E-state index contributed by atoms with van der Waals surface area (Å²) in [6.07, 6.45) is 2.18. The highest BCUT2D eigenvalue weighted by Gasteiger charge is 2.15. The zero-order valence-electron chi connectivity index (χ0n) is 12.7. The molecule has 0 aliphatic rings. The maximum Gasteiger partial charge on any atom is 0.198 e. The van der Waals surface area contributed by atoms with Crippen molar-refractivity contribution in [2.45, 2.75) is 26.3 Å². The summed E-state index contributed by atoms with van der Waals surface area (Å²) < 4.78 is 3.61. The van der Waals surface area contributed by atoms with E-state index in [1.807, 2.05) is 36.4 Å². The zero-order valence-corrected chi connectivity index (χ0v) is 14.2. The Kier molecular flexibility index (Phi) is 3.58. The van der Waals surface area contributed by atoms with Gasteiger partial charge in [-0.1, -0.05) is 37.1 Å². The van der Waals surface area contributed by atoms with Crippen molar-refractivity contribution in [1.82, 2.24) is 9.55 Å². The fourth-order valence-corrected chi connectivity index (χ4v) is 4.27. The molecule has 0 amide bonds. The van der Waals surface area contributed by atoms with Crippen LogP contribution >= 0.6 is 22.9 Å². The normalized spacial score (nSPS) is 11.7.